The van der Waals surface area contributed by atoms with Crippen molar-refractivity contribution in [3.63, 3.8) is 0 Å². The van der Waals surface area contributed by atoms with Gasteiger partial charge in [-0.1, -0.05) is 36.4 Å². The molecule has 4 rings (SSSR count). The molecule has 1 fully saturated rings. The lowest BCUT2D eigenvalue weighted by Gasteiger charge is -2.35. The summed E-state index contributed by atoms with van der Waals surface area (Å²) < 4.78 is 0. The highest BCUT2D eigenvalue weighted by Gasteiger charge is 2.30. The standard InChI is InChI=1S/C23H26N4OS/c28-22(20-8-4-5-12-24-20)26-21(23-25-13-17-29-23)19-10-15-27(16-11-19)14-9-18-6-2-1-3-7-18/h1-8,12-13,17,19,21H,9-11,14-16H2,(H,26,28). The number of carbonyl (C=O) groups excluding carboxylic acids is 1. The van der Waals surface area contributed by atoms with Crippen molar-refractivity contribution >= 4 is 17.2 Å². The number of nitrogens with one attached hydrogen (secondary N) is 1. The molecule has 1 unspecified atom stereocenters. The summed E-state index contributed by atoms with van der Waals surface area (Å²) in [5.74, 6) is 0.263. The van der Waals surface area contributed by atoms with E-state index < -0.39 is 0 Å². The fraction of sp³-hybridized carbons (Fsp3) is 0.348. The Balaban J connectivity index is 1.36. The molecule has 1 aliphatic heterocycles. The first-order valence-electron chi connectivity index (χ1n) is 10.2. The van der Waals surface area contributed by atoms with Gasteiger partial charge in [-0.05, 0) is 56.0 Å². The molecule has 1 atom stereocenters. The highest BCUT2D eigenvalue weighted by molar-refractivity contribution is 7.09. The van der Waals surface area contributed by atoms with E-state index in [-0.39, 0.29) is 11.9 Å². The van der Waals surface area contributed by atoms with Gasteiger partial charge in [0.25, 0.3) is 5.91 Å². The first-order chi connectivity index (χ1) is 14.3. The third kappa shape index (κ3) is 5.28. The first-order valence-corrected chi connectivity index (χ1v) is 11.0. The van der Waals surface area contributed by atoms with Crippen LogP contribution in [0.5, 0.6) is 0 Å². The minimum atomic E-state index is -0.127. The number of nitrogens with zero attached hydrogens (tertiary/aromatic N) is 3. The average Bonchev–Trinajstić information content (AvgIpc) is 3.32. The van der Waals surface area contributed by atoms with Gasteiger partial charge in [0.1, 0.15) is 10.7 Å². The Labute approximate surface area is 175 Å². The van der Waals surface area contributed by atoms with E-state index in [1.165, 1.54) is 5.56 Å². The molecule has 0 spiro atoms. The maximum atomic E-state index is 12.7. The van der Waals surface area contributed by atoms with Crippen molar-refractivity contribution in [1.82, 2.24) is 20.2 Å². The number of piperidine rings is 1. The lowest BCUT2D eigenvalue weighted by Crippen LogP contribution is -2.41. The lowest BCUT2D eigenvalue weighted by atomic mass is 9.89. The van der Waals surface area contributed by atoms with Crippen molar-refractivity contribution in [2.45, 2.75) is 25.3 Å². The number of hydrogen-bond donors (Lipinski definition) is 1. The Hall–Kier alpha value is -2.57. The number of pyridine rings is 1. The van der Waals surface area contributed by atoms with E-state index in [0.717, 1.165) is 43.9 Å². The molecule has 6 heteroatoms. The van der Waals surface area contributed by atoms with Crippen LogP contribution in [0.3, 0.4) is 0 Å². The Morgan fingerprint density at radius 2 is 1.86 bits per heavy atom. The normalized spacial score (nSPS) is 16.4. The van der Waals surface area contributed by atoms with Crippen molar-refractivity contribution in [2.75, 3.05) is 19.6 Å². The summed E-state index contributed by atoms with van der Waals surface area (Å²) in [4.78, 5) is 23.9. The summed E-state index contributed by atoms with van der Waals surface area (Å²) in [6.07, 6.45) is 6.66. The molecule has 29 heavy (non-hydrogen) atoms. The Morgan fingerprint density at radius 3 is 2.55 bits per heavy atom. The number of aromatic nitrogens is 2. The summed E-state index contributed by atoms with van der Waals surface area (Å²) in [6.45, 7) is 3.19. The number of carbonyl (C=O) groups is 1. The minimum Gasteiger partial charge on any atom is -0.341 e. The maximum absolute atomic E-state index is 12.7. The summed E-state index contributed by atoms with van der Waals surface area (Å²) in [5, 5.41) is 6.17. The van der Waals surface area contributed by atoms with Gasteiger partial charge in [-0.25, -0.2) is 4.98 Å². The van der Waals surface area contributed by atoms with Crippen LogP contribution < -0.4 is 5.32 Å². The smallest absolute Gasteiger partial charge is 0.270 e. The second kappa shape index (κ2) is 9.76. The fourth-order valence-electron chi connectivity index (χ4n) is 3.92. The van der Waals surface area contributed by atoms with E-state index >= 15 is 0 Å². The Bertz CT molecular complexity index is 878. The van der Waals surface area contributed by atoms with Gasteiger partial charge in [0.15, 0.2) is 0 Å². The Kier molecular flexibility index (Phi) is 6.64. The van der Waals surface area contributed by atoms with Crippen LogP contribution in [0.15, 0.2) is 66.3 Å². The van der Waals surface area contributed by atoms with Gasteiger partial charge in [-0.3, -0.25) is 9.78 Å². The van der Waals surface area contributed by atoms with Gasteiger partial charge < -0.3 is 10.2 Å². The SMILES string of the molecule is O=C(NC(c1nccs1)C1CCN(CCc2ccccc2)CC1)c1ccccn1. The van der Waals surface area contributed by atoms with Gasteiger partial charge >= 0.3 is 0 Å². The second-order valence-corrected chi connectivity index (χ2v) is 8.38. The Morgan fingerprint density at radius 1 is 1.07 bits per heavy atom. The number of rotatable bonds is 7. The average molecular weight is 407 g/mol. The topological polar surface area (TPSA) is 58.1 Å². The zero-order valence-corrected chi connectivity index (χ0v) is 17.2. The molecule has 0 bridgehead atoms. The molecule has 1 aromatic carbocycles. The molecule has 0 aliphatic carbocycles. The summed E-state index contributed by atoms with van der Waals surface area (Å²) >= 11 is 1.61. The second-order valence-electron chi connectivity index (χ2n) is 7.45. The van der Waals surface area contributed by atoms with Gasteiger partial charge in [-0.15, -0.1) is 11.3 Å². The van der Waals surface area contributed by atoms with Crippen molar-refractivity contribution in [1.29, 1.82) is 0 Å². The van der Waals surface area contributed by atoms with Crippen LogP contribution in [0.1, 0.15) is 39.9 Å². The number of hydrogen-bond acceptors (Lipinski definition) is 5. The van der Waals surface area contributed by atoms with Crippen molar-refractivity contribution in [3.05, 3.63) is 82.6 Å². The molecule has 3 aromatic rings. The van der Waals surface area contributed by atoms with E-state index in [1.807, 2.05) is 23.7 Å². The van der Waals surface area contributed by atoms with Gasteiger partial charge in [0.05, 0.1) is 6.04 Å². The first kappa shape index (κ1) is 19.7. The quantitative estimate of drug-likeness (QED) is 0.645. The van der Waals surface area contributed by atoms with E-state index in [9.17, 15) is 4.79 Å². The largest absolute Gasteiger partial charge is 0.341 e. The van der Waals surface area contributed by atoms with Crippen LogP contribution in [0.2, 0.25) is 0 Å². The number of amides is 1. The predicted molar refractivity (Wildman–Crippen MR) is 116 cm³/mol. The molecule has 3 heterocycles. The molecule has 1 aliphatic rings. The van der Waals surface area contributed by atoms with Crippen LogP contribution in [0.25, 0.3) is 0 Å². The molecular formula is C23H26N4OS. The predicted octanol–water partition coefficient (Wildman–Crippen LogP) is 3.96. The fourth-order valence-corrected chi connectivity index (χ4v) is 4.70. The minimum absolute atomic E-state index is 0.0548. The van der Waals surface area contributed by atoms with Crippen molar-refractivity contribution in [3.8, 4) is 0 Å². The monoisotopic (exact) mass is 406 g/mol. The van der Waals surface area contributed by atoms with Gasteiger partial charge in [-0.2, -0.15) is 0 Å². The van der Waals surface area contributed by atoms with Crippen molar-refractivity contribution < 1.29 is 4.79 Å². The summed E-state index contributed by atoms with van der Waals surface area (Å²) in [5.41, 5.74) is 1.84. The van der Waals surface area contributed by atoms with Crippen LogP contribution in [-0.4, -0.2) is 40.4 Å². The molecule has 1 N–H and O–H groups in total. The number of likely N-dealkylation sites (tertiary alicyclic amines) is 1. The van der Waals surface area contributed by atoms with Crippen LogP contribution in [0, 0.1) is 5.92 Å². The molecule has 0 radical (unpaired) electrons. The molecule has 2 aromatic heterocycles. The van der Waals surface area contributed by atoms with Crippen LogP contribution >= 0.6 is 11.3 Å². The van der Waals surface area contributed by atoms with Crippen molar-refractivity contribution in [2.24, 2.45) is 5.92 Å². The molecular weight excluding hydrogens is 380 g/mol. The lowest BCUT2D eigenvalue weighted by molar-refractivity contribution is 0.0888. The zero-order valence-electron chi connectivity index (χ0n) is 16.4. The summed E-state index contributed by atoms with van der Waals surface area (Å²) in [6, 6.07) is 16.0. The molecule has 150 valence electrons. The molecule has 0 saturated carbocycles. The molecule has 1 amide bonds. The zero-order chi connectivity index (χ0) is 19.9. The van der Waals surface area contributed by atoms with Crippen LogP contribution in [-0.2, 0) is 6.42 Å². The van der Waals surface area contributed by atoms with E-state index in [0.29, 0.717) is 11.6 Å². The highest BCUT2D eigenvalue weighted by Crippen LogP contribution is 2.32. The third-order valence-corrected chi connectivity index (χ3v) is 6.42. The van der Waals surface area contributed by atoms with E-state index in [4.69, 9.17) is 0 Å². The number of benzene rings is 1. The highest BCUT2D eigenvalue weighted by atomic mass is 32.1. The molecule has 5 nitrogen and oxygen atoms in total. The van der Waals surface area contributed by atoms with E-state index in [1.54, 1.807) is 23.6 Å². The van der Waals surface area contributed by atoms with Crippen LogP contribution in [0.4, 0.5) is 0 Å². The number of thiazole rings is 1. The third-order valence-electron chi connectivity index (χ3n) is 5.56. The molecule has 1 saturated heterocycles. The van der Waals surface area contributed by atoms with Gasteiger partial charge in [0.2, 0.25) is 0 Å². The van der Waals surface area contributed by atoms with E-state index in [2.05, 4.69) is 50.5 Å². The maximum Gasteiger partial charge on any atom is 0.270 e. The van der Waals surface area contributed by atoms with Gasteiger partial charge in [0, 0.05) is 24.3 Å². The summed E-state index contributed by atoms with van der Waals surface area (Å²) in [7, 11) is 0.